The minimum atomic E-state index is -1.38. The predicted molar refractivity (Wildman–Crippen MR) is 212 cm³/mol. The Hall–Kier alpha value is -3.28. The summed E-state index contributed by atoms with van der Waals surface area (Å²) in [5.41, 5.74) is -1.87. The highest BCUT2D eigenvalue weighted by molar-refractivity contribution is 8.00. The van der Waals surface area contributed by atoms with Gasteiger partial charge in [-0.3, -0.25) is 28.8 Å². The lowest BCUT2D eigenvalue weighted by molar-refractivity contribution is -0.295. The van der Waals surface area contributed by atoms with Crippen LogP contribution in [0.3, 0.4) is 0 Å². The summed E-state index contributed by atoms with van der Waals surface area (Å²) < 4.78 is 32.9. The molecule has 0 spiro atoms. The maximum absolute atomic E-state index is 14.7. The number of rotatable bonds is 10. The quantitative estimate of drug-likeness (QED) is 0.268. The van der Waals surface area contributed by atoms with E-state index in [1.165, 1.54) is 25.8 Å². The molecule has 5 rings (SSSR count). The Balaban J connectivity index is 1.47. The normalized spacial score (nSPS) is 38.4. The van der Waals surface area contributed by atoms with Gasteiger partial charge in [-0.15, -0.1) is 11.8 Å². The number of aliphatic hydroxyl groups is 1. The molecule has 0 unspecified atom stereocenters. The van der Waals surface area contributed by atoms with E-state index in [1.807, 2.05) is 51.9 Å². The van der Waals surface area contributed by atoms with Crippen LogP contribution in [0.4, 0.5) is 0 Å². The average molecular weight is 816 g/mol. The van der Waals surface area contributed by atoms with Crippen molar-refractivity contribution < 1.29 is 48.0 Å². The highest BCUT2D eigenvalue weighted by Gasteiger charge is 2.61. The molecular formula is C41H61N5O10S. The van der Waals surface area contributed by atoms with Crippen molar-refractivity contribution in [2.75, 3.05) is 27.0 Å². The van der Waals surface area contributed by atoms with Crippen LogP contribution in [-0.2, 0) is 49.4 Å². The maximum Gasteiger partial charge on any atom is 0.320 e. The van der Waals surface area contributed by atoms with Crippen LogP contribution < -0.4 is 0 Å². The number of pyridine rings is 1. The summed E-state index contributed by atoms with van der Waals surface area (Å²) in [4.78, 5) is 67.3. The first-order chi connectivity index (χ1) is 26.9. The lowest BCUT2D eigenvalue weighted by atomic mass is 9.70. The van der Waals surface area contributed by atoms with Crippen LogP contribution in [0.15, 0.2) is 30.9 Å². The van der Waals surface area contributed by atoms with Gasteiger partial charge in [-0.1, -0.05) is 27.7 Å². The van der Waals surface area contributed by atoms with Crippen LogP contribution in [0.2, 0.25) is 0 Å². The Bertz CT molecular complexity index is 1730. The van der Waals surface area contributed by atoms with Gasteiger partial charge in [0, 0.05) is 60.5 Å². The van der Waals surface area contributed by atoms with E-state index < -0.39 is 88.4 Å². The Morgan fingerprint density at radius 2 is 1.77 bits per heavy atom. The molecule has 0 amide bonds. The van der Waals surface area contributed by atoms with Gasteiger partial charge in [0.2, 0.25) is 0 Å². The number of hydrogen-bond acceptors (Lipinski definition) is 15. The molecule has 0 aliphatic carbocycles. The molecule has 2 aromatic rings. The van der Waals surface area contributed by atoms with Crippen molar-refractivity contribution in [3.05, 3.63) is 30.9 Å². The molecule has 0 aromatic carbocycles. The Kier molecular flexibility index (Phi) is 14.4. The van der Waals surface area contributed by atoms with Crippen molar-refractivity contribution in [1.29, 1.82) is 0 Å². The summed E-state index contributed by atoms with van der Waals surface area (Å²) in [7, 11) is 5.23. The zero-order chi connectivity index (χ0) is 42.0. The number of esters is 2. The number of aromatic nitrogens is 4. The molecule has 2 aromatic heterocycles. The number of aryl methyl sites for hydroxylation is 1. The largest absolute Gasteiger partial charge is 0.458 e. The number of ether oxygens (including phenoxy) is 5. The summed E-state index contributed by atoms with van der Waals surface area (Å²) in [5.74, 6) is -5.16. The molecule has 1 N–H and O–H groups in total. The van der Waals surface area contributed by atoms with Gasteiger partial charge in [-0.25, -0.2) is 4.98 Å². The summed E-state index contributed by atoms with van der Waals surface area (Å²) in [6.07, 6.45) is 1.51. The maximum atomic E-state index is 14.7. The van der Waals surface area contributed by atoms with Crippen molar-refractivity contribution in [2.24, 2.45) is 29.6 Å². The number of fused-ring (bicyclic) bond motifs is 1. The summed E-state index contributed by atoms with van der Waals surface area (Å²) in [6, 6.07) is 3.40. The molecule has 5 heterocycles. The molecule has 14 atom stereocenters. The molecule has 3 aliphatic rings. The van der Waals surface area contributed by atoms with Crippen LogP contribution >= 0.6 is 11.8 Å². The lowest BCUT2D eigenvalue weighted by Crippen LogP contribution is -2.59. The third-order valence-corrected chi connectivity index (χ3v) is 13.6. The number of hydrogen-bond donors (Lipinski definition) is 1. The van der Waals surface area contributed by atoms with Gasteiger partial charge in [-0.05, 0) is 73.2 Å². The number of cyclic esters (lactones) is 1. The molecule has 316 valence electrons. The van der Waals surface area contributed by atoms with Crippen molar-refractivity contribution >= 4 is 35.3 Å². The Labute approximate surface area is 340 Å². The zero-order valence-electron chi connectivity index (χ0n) is 35.1. The fraction of sp³-hybridized carbons (Fsp3) is 0.732. The van der Waals surface area contributed by atoms with Crippen LogP contribution in [0, 0.1) is 29.6 Å². The number of ketones is 2. The topological polar surface area (TPSA) is 181 Å². The number of aliphatic hydroxyl groups excluding tert-OH is 1. The highest BCUT2D eigenvalue weighted by Crippen LogP contribution is 2.49. The third kappa shape index (κ3) is 9.31. The number of methoxy groups -OCH3 is 1. The van der Waals surface area contributed by atoms with Crippen LogP contribution in [0.25, 0.3) is 11.4 Å². The molecule has 3 aliphatic heterocycles. The summed E-state index contributed by atoms with van der Waals surface area (Å²) in [6.45, 7) is 14.4. The average Bonchev–Trinajstić information content (AvgIpc) is 3.76. The van der Waals surface area contributed by atoms with Gasteiger partial charge in [0.1, 0.15) is 35.5 Å². The van der Waals surface area contributed by atoms with Gasteiger partial charge in [0.25, 0.3) is 0 Å². The number of likely N-dealkylation sites (N-methyl/N-ethyl adjacent to an activating group) is 1. The lowest BCUT2D eigenvalue weighted by Gasteiger charge is -2.47. The number of thioether (sulfide) groups is 1. The van der Waals surface area contributed by atoms with Crippen LogP contribution in [-0.4, -0.2) is 133 Å². The van der Waals surface area contributed by atoms with Crippen molar-refractivity contribution in [3.8, 4) is 11.4 Å². The van der Waals surface area contributed by atoms with E-state index in [2.05, 4.69) is 15.1 Å². The fourth-order valence-corrected chi connectivity index (χ4v) is 10.5. The molecule has 15 nitrogen and oxygen atoms in total. The van der Waals surface area contributed by atoms with Gasteiger partial charge in [0.05, 0.1) is 24.4 Å². The van der Waals surface area contributed by atoms with Gasteiger partial charge >= 0.3 is 11.9 Å². The van der Waals surface area contributed by atoms with E-state index in [-0.39, 0.29) is 30.8 Å². The molecular weight excluding hydrogens is 755 g/mol. The first-order valence-electron chi connectivity index (χ1n) is 20.0. The number of nitrogens with zero attached hydrogens (tertiary/aromatic N) is 5. The minimum Gasteiger partial charge on any atom is -0.458 e. The highest BCUT2D eigenvalue weighted by atomic mass is 32.2. The smallest absolute Gasteiger partial charge is 0.320 e. The van der Waals surface area contributed by atoms with Crippen molar-refractivity contribution in [3.63, 3.8) is 0 Å². The molecule has 0 saturated carbocycles. The summed E-state index contributed by atoms with van der Waals surface area (Å²) in [5, 5.41) is 15.2. The Morgan fingerprint density at radius 3 is 2.40 bits per heavy atom. The van der Waals surface area contributed by atoms with E-state index in [1.54, 1.807) is 51.1 Å². The summed E-state index contributed by atoms with van der Waals surface area (Å²) >= 11 is 1.36. The van der Waals surface area contributed by atoms with Crippen molar-refractivity contribution in [2.45, 2.75) is 134 Å². The SMILES string of the molecule is CC[C@H]1OC(=O)[C@H](C)C(=O)[C@H](C)[C@@H](O[C@@H]2O[C@H](C)C[C@H](N(C)C)[C@H]2O)[C@](C)(OC)C[C@@H](C)C(=O)[C@H](C)[C@H]2[C@H](SCCn3cnc(-c4cccnc4)n3)C(=O)O[C@@]21C. The molecule has 0 radical (unpaired) electrons. The molecule has 3 fully saturated rings. The Morgan fingerprint density at radius 1 is 1.05 bits per heavy atom. The molecule has 16 heteroatoms. The predicted octanol–water partition coefficient (Wildman–Crippen LogP) is 4.00. The molecule has 3 saturated heterocycles. The number of Topliss-reactive ketones (excluding diaryl/α,β-unsaturated/α-hetero) is 2. The van der Waals surface area contributed by atoms with E-state index in [4.69, 9.17) is 23.7 Å². The standard InChI is InChI=1S/C41H61N5O10S/c1-12-29-41(8)30(34(38(51)56-41)57-17-16-46-21-43-36(44-46)27-14-13-15-42-20-27)24(4)31(47)22(2)19-40(7,52-11)35(25(5)32(48)26(6)37(50)54-29)55-39-33(49)28(45(9)10)18-23(3)53-39/h13-15,20-26,28-30,33-35,39,49H,12,16-19H2,1-11H3/t22-,23-,24-,25+,26-,28+,29-,30+,33-,34+,35-,39+,40-,41-/m1/s1. The van der Waals surface area contributed by atoms with Gasteiger partial charge in [-0.2, -0.15) is 5.10 Å². The first kappa shape index (κ1) is 44.8. The second kappa shape index (κ2) is 18.3. The fourth-order valence-electron chi connectivity index (χ4n) is 9.05. The van der Waals surface area contributed by atoms with Crippen molar-refractivity contribution in [1.82, 2.24) is 24.6 Å². The van der Waals surface area contributed by atoms with Crippen LogP contribution in [0.1, 0.15) is 74.7 Å². The second-order valence-electron chi connectivity index (χ2n) is 16.7. The van der Waals surface area contributed by atoms with E-state index in [0.29, 0.717) is 24.5 Å². The monoisotopic (exact) mass is 815 g/mol. The number of carbonyl (C=O) groups is 4. The molecule has 57 heavy (non-hydrogen) atoms. The van der Waals surface area contributed by atoms with Gasteiger partial charge < -0.3 is 33.7 Å². The number of carbonyl (C=O) groups excluding carboxylic acids is 4. The van der Waals surface area contributed by atoms with Crippen LogP contribution in [0.5, 0.6) is 0 Å². The van der Waals surface area contributed by atoms with E-state index in [0.717, 1.165) is 5.56 Å². The minimum absolute atomic E-state index is 0.127. The first-order valence-corrected chi connectivity index (χ1v) is 21.0. The second-order valence-corrected chi connectivity index (χ2v) is 17.9. The molecule has 0 bridgehead atoms. The van der Waals surface area contributed by atoms with E-state index >= 15 is 0 Å². The third-order valence-electron chi connectivity index (χ3n) is 12.4. The van der Waals surface area contributed by atoms with Gasteiger partial charge in [0.15, 0.2) is 23.5 Å². The zero-order valence-corrected chi connectivity index (χ0v) is 35.9. The van der Waals surface area contributed by atoms with E-state index in [9.17, 15) is 24.3 Å².